The Bertz CT molecular complexity index is 1100. The largest absolute Gasteiger partial charge is 0.496 e. The summed E-state index contributed by atoms with van der Waals surface area (Å²) in [6.07, 6.45) is 0. The smallest absolute Gasteiger partial charge is 0.339 e. The number of urea groups is 1. The topological polar surface area (TPSA) is 105 Å². The van der Waals surface area contributed by atoms with Crippen LogP contribution in [-0.4, -0.2) is 30.1 Å². The molecule has 3 amide bonds. The van der Waals surface area contributed by atoms with Gasteiger partial charge in [-0.25, -0.2) is 9.59 Å². The Morgan fingerprint density at radius 1 is 1.00 bits per heavy atom. The molecule has 0 radical (unpaired) electrons. The number of para-hydroxylation sites is 1. The van der Waals surface area contributed by atoms with Crippen LogP contribution in [0.1, 0.15) is 20.7 Å². The van der Waals surface area contributed by atoms with Gasteiger partial charge in [0.25, 0.3) is 5.91 Å². The van der Waals surface area contributed by atoms with Crippen molar-refractivity contribution in [1.82, 2.24) is 5.32 Å². The molecule has 8 heteroatoms. The summed E-state index contributed by atoms with van der Waals surface area (Å²) in [5.41, 5.74) is 0.540. The van der Waals surface area contributed by atoms with E-state index in [9.17, 15) is 19.5 Å². The van der Waals surface area contributed by atoms with Crippen LogP contribution in [-0.2, 0) is 0 Å². The Morgan fingerprint density at radius 2 is 1.75 bits per heavy atom. The van der Waals surface area contributed by atoms with Gasteiger partial charge in [-0.3, -0.25) is 10.1 Å². The Balaban J connectivity index is 1.82. The number of methoxy groups -OCH3 is 1. The molecule has 0 fully saturated rings. The van der Waals surface area contributed by atoms with Crippen molar-refractivity contribution in [3.63, 3.8) is 0 Å². The Labute approximate surface area is 164 Å². The first kappa shape index (κ1) is 19.2. The molecule has 0 bridgehead atoms. The van der Waals surface area contributed by atoms with E-state index in [1.54, 1.807) is 36.4 Å². The number of carboxylic acid groups (broad SMARTS) is 1. The number of carbonyl (C=O) groups is 3. The van der Waals surface area contributed by atoms with E-state index in [-0.39, 0.29) is 16.9 Å². The third kappa shape index (κ3) is 4.05. The zero-order chi connectivity index (χ0) is 20.3. The average molecular weight is 399 g/mol. The van der Waals surface area contributed by atoms with Crippen molar-refractivity contribution in [2.24, 2.45) is 0 Å². The predicted octanol–water partition coefficient (Wildman–Crippen LogP) is 4.16. The van der Waals surface area contributed by atoms with Crippen molar-refractivity contribution in [1.29, 1.82) is 0 Å². The van der Waals surface area contributed by atoms with Crippen molar-refractivity contribution in [3.8, 4) is 5.75 Å². The number of halogens is 1. The normalized spacial score (nSPS) is 10.4. The van der Waals surface area contributed by atoms with Gasteiger partial charge < -0.3 is 15.2 Å². The molecule has 0 spiro atoms. The van der Waals surface area contributed by atoms with Crippen LogP contribution in [0.2, 0.25) is 5.02 Å². The van der Waals surface area contributed by atoms with Crippen molar-refractivity contribution in [2.75, 3.05) is 12.4 Å². The maximum absolute atomic E-state index is 12.4. The highest BCUT2D eigenvalue weighted by molar-refractivity contribution is 6.33. The van der Waals surface area contributed by atoms with Crippen LogP contribution in [0.4, 0.5) is 10.5 Å². The third-order valence-electron chi connectivity index (χ3n) is 4.00. The molecule has 3 aromatic rings. The molecule has 0 aliphatic heterocycles. The number of ether oxygens (including phenoxy) is 1. The van der Waals surface area contributed by atoms with Gasteiger partial charge in [0, 0.05) is 5.56 Å². The lowest BCUT2D eigenvalue weighted by atomic mass is 10.0. The van der Waals surface area contributed by atoms with Crippen LogP contribution in [0.3, 0.4) is 0 Å². The molecule has 0 heterocycles. The molecule has 0 saturated carbocycles. The zero-order valence-corrected chi connectivity index (χ0v) is 15.4. The maximum Gasteiger partial charge on any atom is 0.339 e. The molecular formula is C20H15ClN2O5. The molecule has 28 heavy (non-hydrogen) atoms. The molecule has 0 aromatic heterocycles. The number of rotatable bonds is 4. The molecule has 0 unspecified atom stereocenters. The van der Waals surface area contributed by atoms with Crippen LogP contribution in [0, 0.1) is 0 Å². The molecule has 0 aliphatic carbocycles. The molecule has 3 rings (SSSR count). The van der Waals surface area contributed by atoms with Crippen LogP contribution in [0.15, 0.2) is 54.6 Å². The number of imide groups is 1. The molecule has 0 saturated heterocycles. The van der Waals surface area contributed by atoms with E-state index in [1.807, 2.05) is 0 Å². The van der Waals surface area contributed by atoms with Crippen LogP contribution in [0.25, 0.3) is 10.8 Å². The number of fused-ring (bicyclic) bond motifs is 1. The standard InChI is InChI=1S/C20H15ClN2O5/c1-28-17-10-11-6-7-12(8-13(11)9-14(17)19(25)26)18(24)23-20(27)22-16-5-3-2-4-15(16)21/h2-10H,1H3,(H,25,26)(H2,22,23,24,27). The fraction of sp³-hybridized carbons (Fsp3) is 0.0500. The van der Waals surface area contributed by atoms with E-state index in [1.165, 1.54) is 25.3 Å². The second-order valence-electron chi connectivity index (χ2n) is 5.81. The molecule has 7 nitrogen and oxygen atoms in total. The van der Waals surface area contributed by atoms with Crippen molar-refractivity contribution in [2.45, 2.75) is 0 Å². The Morgan fingerprint density at radius 3 is 2.43 bits per heavy atom. The summed E-state index contributed by atoms with van der Waals surface area (Å²) >= 11 is 5.97. The summed E-state index contributed by atoms with van der Waals surface area (Å²) in [5.74, 6) is -1.57. The minimum Gasteiger partial charge on any atom is -0.496 e. The van der Waals surface area contributed by atoms with Gasteiger partial charge in [0.1, 0.15) is 11.3 Å². The average Bonchev–Trinajstić information content (AvgIpc) is 2.68. The predicted molar refractivity (Wildman–Crippen MR) is 105 cm³/mol. The second kappa shape index (κ2) is 7.98. The van der Waals surface area contributed by atoms with Gasteiger partial charge in [-0.05, 0) is 47.2 Å². The van der Waals surface area contributed by atoms with Gasteiger partial charge in [-0.1, -0.05) is 29.8 Å². The number of aromatic carboxylic acids is 1. The number of amides is 3. The van der Waals surface area contributed by atoms with E-state index in [0.29, 0.717) is 21.5 Å². The van der Waals surface area contributed by atoms with E-state index >= 15 is 0 Å². The highest BCUT2D eigenvalue weighted by Gasteiger charge is 2.15. The molecule has 0 atom stereocenters. The third-order valence-corrected chi connectivity index (χ3v) is 4.33. The fourth-order valence-corrected chi connectivity index (χ4v) is 2.83. The fourth-order valence-electron chi connectivity index (χ4n) is 2.65. The molecule has 142 valence electrons. The number of nitrogens with one attached hydrogen (secondary N) is 2. The number of carbonyl (C=O) groups excluding carboxylic acids is 2. The first-order valence-corrected chi connectivity index (χ1v) is 8.49. The summed E-state index contributed by atoms with van der Waals surface area (Å²) < 4.78 is 5.09. The first-order chi connectivity index (χ1) is 13.4. The van der Waals surface area contributed by atoms with Gasteiger partial charge in [-0.15, -0.1) is 0 Å². The summed E-state index contributed by atoms with van der Waals surface area (Å²) in [4.78, 5) is 35.8. The lowest BCUT2D eigenvalue weighted by molar-refractivity contribution is 0.0693. The van der Waals surface area contributed by atoms with Gasteiger partial charge >= 0.3 is 12.0 Å². The lowest BCUT2D eigenvalue weighted by Crippen LogP contribution is -2.34. The monoisotopic (exact) mass is 398 g/mol. The van der Waals surface area contributed by atoms with Crippen LogP contribution >= 0.6 is 11.6 Å². The van der Waals surface area contributed by atoms with E-state index in [4.69, 9.17) is 16.3 Å². The minimum atomic E-state index is -1.15. The van der Waals surface area contributed by atoms with Crippen LogP contribution < -0.4 is 15.4 Å². The van der Waals surface area contributed by atoms with Crippen molar-refractivity contribution in [3.05, 3.63) is 70.7 Å². The summed E-state index contributed by atoms with van der Waals surface area (Å²) in [6.45, 7) is 0. The summed E-state index contributed by atoms with van der Waals surface area (Å²) in [7, 11) is 1.38. The first-order valence-electron chi connectivity index (χ1n) is 8.11. The number of hydrogen-bond acceptors (Lipinski definition) is 4. The Kier molecular flexibility index (Phi) is 5.47. The van der Waals surface area contributed by atoms with Gasteiger partial charge in [-0.2, -0.15) is 0 Å². The molecular weight excluding hydrogens is 384 g/mol. The SMILES string of the molecule is COc1cc2ccc(C(=O)NC(=O)Nc3ccccc3Cl)cc2cc1C(=O)O. The van der Waals surface area contributed by atoms with Crippen molar-refractivity contribution < 1.29 is 24.2 Å². The second-order valence-corrected chi connectivity index (χ2v) is 6.21. The van der Waals surface area contributed by atoms with Gasteiger partial charge in [0.15, 0.2) is 0 Å². The van der Waals surface area contributed by atoms with E-state index in [2.05, 4.69) is 10.6 Å². The lowest BCUT2D eigenvalue weighted by Gasteiger charge is -2.10. The molecule has 3 aromatic carbocycles. The van der Waals surface area contributed by atoms with E-state index < -0.39 is 17.9 Å². The quantitative estimate of drug-likeness (QED) is 0.612. The highest BCUT2D eigenvalue weighted by atomic mass is 35.5. The summed E-state index contributed by atoms with van der Waals surface area (Å²) in [5, 5.41) is 15.5. The number of anilines is 1. The summed E-state index contributed by atoms with van der Waals surface area (Å²) in [6, 6.07) is 13.5. The van der Waals surface area contributed by atoms with Gasteiger partial charge in [0.2, 0.25) is 0 Å². The molecule has 3 N–H and O–H groups in total. The minimum absolute atomic E-state index is 0.0241. The van der Waals surface area contributed by atoms with E-state index in [0.717, 1.165) is 0 Å². The number of hydrogen-bond donors (Lipinski definition) is 3. The van der Waals surface area contributed by atoms with Crippen LogP contribution in [0.5, 0.6) is 5.75 Å². The maximum atomic E-state index is 12.4. The van der Waals surface area contributed by atoms with Gasteiger partial charge in [0.05, 0.1) is 17.8 Å². The highest BCUT2D eigenvalue weighted by Crippen LogP contribution is 2.27. The number of carboxylic acids is 1. The number of benzene rings is 3. The van der Waals surface area contributed by atoms with Crippen molar-refractivity contribution >= 4 is 46.0 Å². The molecule has 0 aliphatic rings. The Hall–Kier alpha value is -3.58. The zero-order valence-electron chi connectivity index (χ0n) is 14.7.